The van der Waals surface area contributed by atoms with Crippen molar-refractivity contribution in [3.63, 3.8) is 0 Å². The van der Waals surface area contributed by atoms with Crippen molar-refractivity contribution >= 4 is 20.6 Å². The first-order valence-corrected chi connectivity index (χ1v) is 9.52. The minimum absolute atomic E-state index is 0.608. The molecule has 3 heterocycles. The zero-order valence-corrected chi connectivity index (χ0v) is 12.4. The third kappa shape index (κ3) is 4.22. The van der Waals surface area contributed by atoms with E-state index >= 15 is 0 Å². The van der Waals surface area contributed by atoms with Crippen LogP contribution in [0.15, 0.2) is 0 Å². The first-order chi connectivity index (χ1) is 8.85. The molecule has 0 aromatic heterocycles. The Hall–Kier alpha value is -0.103. The van der Waals surface area contributed by atoms with Crippen LogP contribution in [-0.2, 0) is 13.3 Å². The second-order valence-corrected chi connectivity index (χ2v) is 8.30. The van der Waals surface area contributed by atoms with Crippen LogP contribution in [0.25, 0.3) is 0 Å². The lowest BCUT2D eigenvalue weighted by atomic mass is 10.4. The smallest absolute Gasteiger partial charge is 0.372 e. The second kappa shape index (κ2) is 7.48. The Morgan fingerprint density at radius 1 is 1.06 bits per heavy atom. The molecule has 0 spiro atoms. The molecule has 102 valence electrons. The van der Waals surface area contributed by atoms with Crippen LogP contribution >= 0.6 is 11.8 Å². The zero-order valence-electron chi connectivity index (χ0n) is 10.6. The predicted octanol–water partition coefficient (Wildman–Crippen LogP) is 0.951. The summed E-state index contributed by atoms with van der Waals surface area (Å²) in [6, 6.07) is 3.02. The largest absolute Gasteiger partial charge is 0.501 e. The molecule has 3 aliphatic heterocycles. The van der Waals surface area contributed by atoms with Crippen molar-refractivity contribution in [2.75, 3.05) is 51.0 Å². The summed E-state index contributed by atoms with van der Waals surface area (Å²) in [5.74, 6) is 1.84. The average molecular weight is 288 g/mol. The van der Waals surface area contributed by atoms with E-state index in [1.165, 1.54) is 0 Å². The van der Waals surface area contributed by atoms with Gasteiger partial charge in [-0.3, -0.25) is 4.90 Å². The normalized spacial score (nSPS) is 32.3. The quantitative estimate of drug-likeness (QED) is 0.554. The fourth-order valence-electron chi connectivity index (χ4n) is 2.08. The molecule has 3 rings (SSSR count). The molecule has 2 bridgehead atoms. The number of nitrogens with zero attached hydrogens (tertiary/aromatic N) is 2. The number of fused-ring (bicyclic) bond motifs is 6. The van der Waals surface area contributed by atoms with Crippen molar-refractivity contribution < 1.29 is 13.3 Å². The average Bonchev–Trinajstić information content (AvgIpc) is 2.29. The molecule has 3 aliphatic rings. The van der Waals surface area contributed by atoms with E-state index in [0.29, 0.717) is 6.42 Å². The third-order valence-corrected chi connectivity index (χ3v) is 7.24. The zero-order chi connectivity index (χ0) is 12.7. The number of nitriles is 1. The Morgan fingerprint density at radius 3 is 2.22 bits per heavy atom. The summed E-state index contributed by atoms with van der Waals surface area (Å²) in [5.41, 5.74) is 0. The molecule has 3 fully saturated rings. The van der Waals surface area contributed by atoms with Crippen LogP contribution in [0.3, 0.4) is 0 Å². The maximum atomic E-state index is 8.49. The van der Waals surface area contributed by atoms with Crippen molar-refractivity contribution in [3.8, 4) is 6.07 Å². The molecule has 0 aromatic carbocycles. The van der Waals surface area contributed by atoms with Gasteiger partial charge in [0.25, 0.3) is 0 Å². The Balaban J connectivity index is 1.80. The van der Waals surface area contributed by atoms with Gasteiger partial charge in [0.15, 0.2) is 0 Å². The van der Waals surface area contributed by atoms with Gasteiger partial charge in [-0.1, -0.05) is 0 Å². The molecule has 7 heteroatoms. The molecule has 0 radical (unpaired) electrons. The minimum atomic E-state index is -2.42. The van der Waals surface area contributed by atoms with E-state index in [0.717, 1.165) is 57.0 Å². The summed E-state index contributed by atoms with van der Waals surface area (Å²) in [6.07, 6.45) is 0.608. The molecule has 0 aliphatic carbocycles. The van der Waals surface area contributed by atoms with Crippen molar-refractivity contribution in [1.29, 1.82) is 5.26 Å². The Morgan fingerprint density at radius 2 is 1.67 bits per heavy atom. The highest BCUT2D eigenvalue weighted by molar-refractivity contribution is 7.99. The lowest BCUT2D eigenvalue weighted by Crippen LogP contribution is -2.55. The number of hydrogen-bond acceptors (Lipinski definition) is 6. The summed E-state index contributed by atoms with van der Waals surface area (Å²) in [7, 11) is -2.42. The monoisotopic (exact) mass is 288 g/mol. The van der Waals surface area contributed by atoms with Crippen LogP contribution in [0.1, 0.15) is 6.42 Å². The maximum Gasteiger partial charge on any atom is 0.501 e. The SMILES string of the molecule is N#CCCSCC[Si]12OCCN(CCO1)CCO2. The van der Waals surface area contributed by atoms with Crippen LogP contribution in [-0.4, -0.2) is 64.7 Å². The molecule has 0 unspecified atom stereocenters. The van der Waals surface area contributed by atoms with Crippen LogP contribution in [0.2, 0.25) is 6.04 Å². The van der Waals surface area contributed by atoms with Gasteiger partial charge in [0.05, 0.1) is 25.9 Å². The van der Waals surface area contributed by atoms with Gasteiger partial charge in [0.2, 0.25) is 0 Å². The van der Waals surface area contributed by atoms with Gasteiger partial charge in [-0.05, 0) is 5.75 Å². The Bertz CT molecular complexity index is 274. The van der Waals surface area contributed by atoms with E-state index in [1.807, 2.05) is 0 Å². The minimum Gasteiger partial charge on any atom is -0.372 e. The predicted molar refractivity (Wildman–Crippen MR) is 72.4 cm³/mol. The van der Waals surface area contributed by atoms with Gasteiger partial charge < -0.3 is 13.3 Å². The number of hydrogen-bond donors (Lipinski definition) is 0. The van der Waals surface area contributed by atoms with Crippen LogP contribution in [0.4, 0.5) is 0 Å². The standard InChI is InChI=1S/C11H20N2O3SSi/c12-2-1-9-17-10-11-18-14-6-3-13(4-7-15-18)5-8-16-18/h1,3-11H2. The maximum absolute atomic E-state index is 8.49. The van der Waals surface area contributed by atoms with Crippen molar-refractivity contribution in [2.45, 2.75) is 12.5 Å². The van der Waals surface area contributed by atoms with Gasteiger partial charge in [-0.25, -0.2) is 0 Å². The van der Waals surface area contributed by atoms with Gasteiger partial charge in [-0.2, -0.15) is 17.0 Å². The van der Waals surface area contributed by atoms with E-state index in [4.69, 9.17) is 18.5 Å². The summed E-state index contributed by atoms with van der Waals surface area (Å²) >= 11 is 1.78. The molecule has 5 nitrogen and oxygen atoms in total. The fourth-order valence-corrected chi connectivity index (χ4v) is 5.99. The van der Waals surface area contributed by atoms with E-state index < -0.39 is 8.80 Å². The highest BCUT2D eigenvalue weighted by Crippen LogP contribution is 2.22. The van der Waals surface area contributed by atoms with E-state index in [-0.39, 0.29) is 0 Å². The van der Waals surface area contributed by atoms with E-state index in [2.05, 4.69) is 11.0 Å². The van der Waals surface area contributed by atoms with Gasteiger partial charge in [-0.15, -0.1) is 0 Å². The van der Waals surface area contributed by atoms with Crippen LogP contribution < -0.4 is 0 Å². The topological polar surface area (TPSA) is 54.7 Å². The second-order valence-electron chi connectivity index (χ2n) is 4.34. The number of rotatable bonds is 5. The molecule has 0 amide bonds. The molecular formula is C11H20N2O3SSi. The molecule has 18 heavy (non-hydrogen) atoms. The summed E-state index contributed by atoms with van der Waals surface area (Å²) in [4.78, 5) is 2.32. The van der Waals surface area contributed by atoms with Gasteiger partial charge in [0.1, 0.15) is 0 Å². The van der Waals surface area contributed by atoms with Crippen LogP contribution in [0, 0.1) is 11.3 Å². The van der Waals surface area contributed by atoms with E-state index in [9.17, 15) is 0 Å². The van der Waals surface area contributed by atoms with Crippen molar-refractivity contribution in [3.05, 3.63) is 0 Å². The fraction of sp³-hybridized carbons (Fsp3) is 0.909. The first kappa shape index (κ1) is 14.3. The number of thioether (sulfide) groups is 1. The summed E-state index contributed by atoms with van der Waals surface area (Å²) < 4.78 is 17.8. The Labute approximate surface area is 114 Å². The van der Waals surface area contributed by atoms with Crippen molar-refractivity contribution in [2.24, 2.45) is 0 Å². The lowest BCUT2D eigenvalue weighted by Gasteiger charge is -2.38. The molecule has 0 aromatic rings. The highest BCUT2D eigenvalue weighted by Gasteiger charge is 2.43. The summed E-state index contributed by atoms with van der Waals surface area (Å²) in [6.45, 7) is 5.12. The lowest BCUT2D eigenvalue weighted by molar-refractivity contribution is -0.00730. The molecular weight excluding hydrogens is 268 g/mol. The molecule has 0 N–H and O–H groups in total. The Kier molecular flexibility index (Phi) is 5.94. The van der Waals surface area contributed by atoms with Crippen molar-refractivity contribution in [1.82, 2.24) is 4.90 Å². The van der Waals surface area contributed by atoms with Crippen LogP contribution in [0.5, 0.6) is 0 Å². The van der Waals surface area contributed by atoms with Gasteiger partial charge >= 0.3 is 8.80 Å². The molecule has 3 saturated heterocycles. The highest BCUT2D eigenvalue weighted by atomic mass is 32.2. The third-order valence-electron chi connectivity index (χ3n) is 3.10. The first-order valence-electron chi connectivity index (χ1n) is 6.44. The van der Waals surface area contributed by atoms with E-state index in [1.54, 1.807) is 11.8 Å². The summed E-state index contributed by atoms with van der Waals surface area (Å²) in [5, 5.41) is 8.49. The van der Waals surface area contributed by atoms with Gasteiger partial charge in [0, 0.05) is 37.9 Å². The molecule has 0 atom stereocenters. The molecule has 0 saturated carbocycles.